The Hall–Kier alpha value is -2.02. The molecular weight excluding hydrogens is 252 g/mol. The fraction of sp³-hybridized carbons (Fsp3) is 0.182. The van der Waals surface area contributed by atoms with Crippen LogP contribution in [0.5, 0.6) is 0 Å². The van der Waals surface area contributed by atoms with Crippen LogP contribution < -0.4 is 5.73 Å². The van der Waals surface area contributed by atoms with Gasteiger partial charge in [-0.25, -0.2) is 4.68 Å². The van der Waals surface area contributed by atoms with Crippen molar-refractivity contribution < 1.29 is 4.92 Å². The maximum absolute atomic E-state index is 10.6. The summed E-state index contributed by atoms with van der Waals surface area (Å²) in [5.41, 5.74) is 8.94. The van der Waals surface area contributed by atoms with Crippen LogP contribution in [-0.2, 0) is 11.5 Å². The summed E-state index contributed by atoms with van der Waals surface area (Å²) in [5, 5.41) is 15.0. The lowest BCUT2D eigenvalue weighted by atomic mass is 10.2. The van der Waals surface area contributed by atoms with Crippen molar-refractivity contribution in [3.05, 3.63) is 45.6 Å². The number of nitro groups is 1. The number of rotatable bonds is 2. The SMILES string of the molecule is Nc1c2c(nn1-c1ccc([N+](=O)[O-])cc1)CSC2. The zero-order valence-electron chi connectivity index (χ0n) is 9.37. The number of aromatic nitrogens is 2. The molecule has 18 heavy (non-hydrogen) atoms. The molecular formula is C11H10N4O2S. The van der Waals surface area contributed by atoms with Crippen LogP contribution in [0.2, 0.25) is 0 Å². The number of nitrogens with zero attached hydrogens (tertiary/aromatic N) is 3. The lowest BCUT2D eigenvalue weighted by Crippen LogP contribution is -2.03. The number of nitrogens with two attached hydrogens (primary N) is 1. The standard InChI is InChI=1S/C11H10N4O2S/c12-11-9-5-18-6-10(9)13-14(11)7-1-3-8(4-2-7)15(16)17/h1-4H,5-6,12H2. The van der Waals surface area contributed by atoms with Gasteiger partial charge in [0.05, 0.1) is 16.3 Å². The lowest BCUT2D eigenvalue weighted by molar-refractivity contribution is -0.384. The van der Waals surface area contributed by atoms with Gasteiger partial charge in [-0.15, -0.1) is 0 Å². The van der Waals surface area contributed by atoms with Gasteiger partial charge in [-0.2, -0.15) is 16.9 Å². The molecule has 0 unspecified atom stereocenters. The Kier molecular flexibility index (Phi) is 2.48. The quantitative estimate of drug-likeness (QED) is 0.661. The average molecular weight is 262 g/mol. The van der Waals surface area contributed by atoms with Crippen molar-refractivity contribution in [3.63, 3.8) is 0 Å². The van der Waals surface area contributed by atoms with Crippen LogP contribution in [0.3, 0.4) is 0 Å². The Bertz CT molecular complexity index is 621. The summed E-state index contributed by atoms with van der Waals surface area (Å²) < 4.78 is 1.65. The van der Waals surface area contributed by atoms with Crippen LogP contribution >= 0.6 is 11.8 Å². The topological polar surface area (TPSA) is 87.0 Å². The van der Waals surface area contributed by atoms with Crippen LogP contribution in [0.1, 0.15) is 11.3 Å². The molecule has 0 saturated carbocycles. The summed E-state index contributed by atoms with van der Waals surface area (Å²) >= 11 is 1.79. The van der Waals surface area contributed by atoms with Crippen LogP contribution in [0, 0.1) is 10.1 Å². The fourth-order valence-corrected chi connectivity index (χ4v) is 2.99. The molecule has 0 aliphatic carbocycles. The van der Waals surface area contributed by atoms with Gasteiger partial charge in [0, 0.05) is 29.2 Å². The van der Waals surface area contributed by atoms with Crippen LogP contribution in [0.25, 0.3) is 5.69 Å². The summed E-state index contributed by atoms with van der Waals surface area (Å²) in [5.74, 6) is 2.39. The number of nitro benzene ring substituents is 1. The van der Waals surface area contributed by atoms with Crippen molar-refractivity contribution in [2.45, 2.75) is 11.5 Å². The van der Waals surface area contributed by atoms with Gasteiger partial charge in [0.15, 0.2) is 0 Å². The molecule has 92 valence electrons. The number of thioether (sulfide) groups is 1. The predicted octanol–water partition coefficient (Wildman–Crippen LogP) is 2.11. The molecule has 1 aliphatic rings. The minimum Gasteiger partial charge on any atom is -0.383 e. The molecule has 2 N–H and O–H groups in total. The van der Waals surface area contributed by atoms with E-state index in [0.717, 1.165) is 28.5 Å². The fourth-order valence-electron chi connectivity index (χ4n) is 1.95. The number of nitrogen functional groups attached to an aromatic ring is 1. The highest BCUT2D eigenvalue weighted by atomic mass is 32.2. The molecule has 1 aromatic heterocycles. The van der Waals surface area contributed by atoms with E-state index in [9.17, 15) is 10.1 Å². The van der Waals surface area contributed by atoms with Crippen molar-refractivity contribution >= 4 is 23.3 Å². The molecule has 1 aliphatic heterocycles. The normalized spacial score (nSPS) is 13.6. The second-order valence-electron chi connectivity index (χ2n) is 3.99. The molecule has 0 saturated heterocycles. The Morgan fingerprint density at radius 3 is 2.67 bits per heavy atom. The molecule has 6 nitrogen and oxygen atoms in total. The van der Waals surface area contributed by atoms with E-state index in [-0.39, 0.29) is 5.69 Å². The van der Waals surface area contributed by atoms with E-state index in [1.54, 1.807) is 28.6 Å². The minimum atomic E-state index is -0.424. The molecule has 0 fully saturated rings. The highest BCUT2D eigenvalue weighted by molar-refractivity contribution is 7.98. The first kappa shape index (κ1) is 11.1. The third-order valence-electron chi connectivity index (χ3n) is 2.90. The Morgan fingerprint density at radius 1 is 1.33 bits per heavy atom. The van der Waals surface area contributed by atoms with E-state index in [0.29, 0.717) is 5.82 Å². The van der Waals surface area contributed by atoms with Gasteiger partial charge >= 0.3 is 0 Å². The van der Waals surface area contributed by atoms with E-state index in [1.807, 2.05) is 0 Å². The molecule has 0 radical (unpaired) electrons. The van der Waals surface area contributed by atoms with E-state index in [2.05, 4.69) is 5.10 Å². The zero-order valence-corrected chi connectivity index (χ0v) is 10.2. The number of hydrogen-bond donors (Lipinski definition) is 1. The molecule has 0 spiro atoms. The third kappa shape index (κ3) is 1.63. The number of non-ortho nitro benzene ring substituents is 1. The first-order valence-corrected chi connectivity index (χ1v) is 6.51. The third-order valence-corrected chi connectivity index (χ3v) is 3.87. The van der Waals surface area contributed by atoms with Gasteiger partial charge in [0.1, 0.15) is 5.82 Å². The summed E-state index contributed by atoms with van der Waals surface area (Å²) in [4.78, 5) is 10.2. The van der Waals surface area contributed by atoms with Gasteiger partial charge in [-0.05, 0) is 12.1 Å². The lowest BCUT2D eigenvalue weighted by Gasteiger charge is -2.04. The van der Waals surface area contributed by atoms with Crippen molar-refractivity contribution in [2.24, 2.45) is 0 Å². The van der Waals surface area contributed by atoms with Gasteiger partial charge in [0.2, 0.25) is 0 Å². The monoisotopic (exact) mass is 262 g/mol. The van der Waals surface area contributed by atoms with Crippen LogP contribution in [0.15, 0.2) is 24.3 Å². The molecule has 1 aromatic carbocycles. The average Bonchev–Trinajstić information content (AvgIpc) is 2.93. The summed E-state index contributed by atoms with van der Waals surface area (Å²) in [6.45, 7) is 0. The molecule has 7 heteroatoms. The number of fused-ring (bicyclic) bond motifs is 1. The highest BCUT2D eigenvalue weighted by Crippen LogP contribution is 2.34. The molecule has 2 aromatic rings. The predicted molar refractivity (Wildman–Crippen MR) is 69.6 cm³/mol. The van der Waals surface area contributed by atoms with Crippen molar-refractivity contribution in [3.8, 4) is 5.69 Å². The molecule has 0 amide bonds. The number of benzene rings is 1. The molecule has 0 atom stereocenters. The van der Waals surface area contributed by atoms with Gasteiger partial charge in [-0.3, -0.25) is 10.1 Å². The first-order valence-electron chi connectivity index (χ1n) is 5.35. The van der Waals surface area contributed by atoms with Crippen LogP contribution in [0.4, 0.5) is 11.5 Å². The Morgan fingerprint density at radius 2 is 2.06 bits per heavy atom. The van der Waals surface area contributed by atoms with Gasteiger partial charge in [0.25, 0.3) is 5.69 Å². The van der Waals surface area contributed by atoms with Crippen molar-refractivity contribution in [1.82, 2.24) is 9.78 Å². The summed E-state index contributed by atoms with van der Waals surface area (Å²) in [6, 6.07) is 6.22. The molecule has 2 heterocycles. The van der Waals surface area contributed by atoms with Crippen molar-refractivity contribution in [2.75, 3.05) is 5.73 Å². The zero-order chi connectivity index (χ0) is 12.7. The Labute approximate surface area is 107 Å². The number of anilines is 1. The Balaban J connectivity index is 2.02. The second-order valence-corrected chi connectivity index (χ2v) is 4.97. The second kappa shape index (κ2) is 4.02. The largest absolute Gasteiger partial charge is 0.383 e. The number of hydrogen-bond acceptors (Lipinski definition) is 5. The summed E-state index contributed by atoms with van der Waals surface area (Å²) in [7, 11) is 0. The highest BCUT2D eigenvalue weighted by Gasteiger charge is 2.21. The van der Waals surface area contributed by atoms with Gasteiger partial charge < -0.3 is 5.73 Å². The summed E-state index contributed by atoms with van der Waals surface area (Å²) in [6.07, 6.45) is 0. The minimum absolute atomic E-state index is 0.0626. The van der Waals surface area contributed by atoms with E-state index in [1.165, 1.54) is 12.1 Å². The van der Waals surface area contributed by atoms with Gasteiger partial charge in [-0.1, -0.05) is 0 Å². The first-order chi connectivity index (χ1) is 8.66. The van der Waals surface area contributed by atoms with Crippen molar-refractivity contribution in [1.29, 1.82) is 0 Å². The molecule has 0 bridgehead atoms. The molecule has 3 rings (SSSR count). The van der Waals surface area contributed by atoms with E-state index >= 15 is 0 Å². The van der Waals surface area contributed by atoms with Crippen LogP contribution in [-0.4, -0.2) is 14.7 Å². The van der Waals surface area contributed by atoms with E-state index < -0.39 is 4.92 Å². The van der Waals surface area contributed by atoms with E-state index in [4.69, 9.17) is 5.73 Å². The smallest absolute Gasteiger partial charge is 0.269 e. The maximum atomic E-state index is 10.6. The maximum Gasteiger partial charge on any atom is 0.269 e.